The molecule has 7 heteroatoms. The van der Waals surface area contributed by atoms with Gasteiger partial charge in [0.2, 0.25) is 15.9 Å². The van der Waals surface area contributed by atoms with Gasteiger partial charge in [-0.1, -0.05) is 44.4 Å². The topological polar surface area (TPSA) is 75.3 Å². The van der Waals surface area contributed by atoms with Gasteiger partial charge in [0, 0.05) is 16.8 Å². The van der Waals surface area contributed by atoms with Crippen LogP contribution in [0.4, 0.5) is 0 Å². The molecule has 1 aliphatic rings. The fourth-order valence-electron chi connectivity index (χ4n) is 3.84. The van der Waals surface area contributed by atoms with E-state index in [0.29, 0.717) is 6.54 Å². The van der Waals surface area contributed by atoms with Crippen molar-refractivity contribution in [3.8, 4) is 0 Å². The van der Waals surface area contributed by atoms with Crippen LogP contribution in [0.25, 0.3) is 0 Å². The lowest BCUT2D eigenvalue weighted by Gasteiger charge is -2.28. The molecule has 2 aromatic rings. The van der Waals surface area contributed by atoms with Crippen LogP contribution in [0, 0.1) is 0 Å². The molecule has 0 atom stereocenters. The second-order valence-electron chi connectivity index (χ2n) is 7.46. The van der Waals surface area contributed by atoms with Crippen molar-refractivity contribution in [1.82, 2.24) is 10.0 Å². The number of sulfonamides is 1. The minimum atomic E-state index is -3.69. The van der Waals surface area contributed by atoms with E-state index in [1.54, 1.807) is 23.5 Å². The molecule has 0 bridgehead atoms. The van der Waals surface area contributed by atoms with Gasteiger partial charge in [0.05, 0.1) is 11.4 Å². The summed E-state index contributed by atoms with van der Waals surface area (Å²) in [7, 11) is -3.69. The van der Waals surface area contributed by atoms with E-state index in [4.69, 9.17) is 0 Å². The molecule has 0 spiro atoms. The lowest BCUT2D eigenvalue weighted by Crippen LogP contribution is -2.43. The largest absolute Gasteiger partial charge is 0.354 e. The molecular weight excluding hydrogens is 392 g/mol. The summed E-state index contributed by atoms with van der Waals surface area (Å²) in [6.07, 6.45) is 6.37. The van der Waals surface area contributed by atoms with E-state index in [1.807, 2.05) is 18.2 Å². The maximum Gasteiger partial charge on any atom is 0.241 e. The van der Waals surface area contributed by atoms with Gasteiger partial charge >= 0.3 is 0 Å². The molecule has 1 heterocycles. The minimum Gasteiger partial charge on any atom is -0.354 e. The standard InChI is InChI=1S/C21H28N2O3S2/c1-2-6-17-8-10-18(11-9-17)28(25,26)23-15-20(24)22-16-21(12-3-4-13-21)19-7-5-14-27-19/h5,7-11,14,23H,2-4,6,12-13,15-16H2,1H3,(H,22,24). The van der Waals surface area contributed by atoms with Gasteiger partial charge in [0.1, 0.15) is 0 Å². The molecule has 1 saturated carbocycles. The summed E-state index contributed by atoms with van der Waals surface area (Å²) in [6, 6.07) is 11.0. The van der Waals surface area contributed by atoms with Crippen LogP contribution in [0.2, 0.25) is 0 Å². The highest BCUT2D eigenvalue weighted by molar-refractivity contribution is 7.89. The van der Waals surface area contributed by atoms with Crippen molar-refractivity contribution in [3.05, 3.63) is 52.2 Å². The number of benzene rings is 1. The van der Waals surface area contributed by atoms with Crippen LogP contribution in [-0.2, 0) is 26.7 Å². The molecule has 1 aliphatic carbocycles. The Morgan fingerprint density at radius 3 is 2.46 bits per heavy atom. The number of carbonyl (C=O) groups is 1. The molecule has 3 rings (SSSR count). The second-order valence-corrected chi connectivity index (χ2v) is 10.2. The van der Waals surface area contributed by atoms with E-state index < -0.39 is 10.0 Å². The number of amides is 1. The van der Waals surface area contributed by atoms with Crippen LogP contribution in [-0.4, -0.2) is 27.4 Å². The summed E-state index contributed by atoms with van der Waals surface area (Å²) in [5.74, 6) is -0.297. The van der Waals surface area contributed by atoms with Gasteiger partial charge in [-0.2, -0.15) is 0 Å². The third-order valence-corrected chi connectivity index (χ3v) is 7.96. The second kappa shape index (κ2) is 9.20. The van der Waals surface area contributed by atoms with Gasteiger partial charge in [-0.05, 0) is 48.4 Å². The number of thiophene rings is 1. The van der Waals surface area contributed by atoms with Crippen LogP contribution in [0.5, 0.6) is 0 Å². The van der Waals surface area contributed by atoms with Gasteiger partial charge in [-0.15, -0.1) is 11.3 Å². The van der Waals surface area contributed by atoms with E-state index in [9.17, 15) is 13.2 Å². The Bertz CT molecular complexity index is 869. The Labute approximate surface area is 171 Å². The Morgan fingerprint density at radius 1 is 1.14 bits per heavy atom. The van der Waals surface area contributed by atoms with E-state index in [-0.39, 0.29) is 22.8 Å². The summed E-state index contributed by atoms with van der Waals surface area (Å²) < 4.78 is 27.3. The molecule has 152 valence electrons. The van der Waals surface area contributed by atoms with Gasteiger partial charge in [0.15, 0.2) is 0 Å². The van der Waals surface area contributed by atoms with Crippen molar-refractivity contribution >= 4 is 27.3 Å². The quantitative estimate of drug-likeness (QED) is 0.651. The third-order valence-electron chi connectivity index (χ3n) is 5.42. The highest BCUT2D eigenvalue weighted by Gasteiger charge is 2.36. The zero-order valence-corrected chi connectivity index (χ0v) is 17.9. The highest BCUT2D eigenvalue weighted by Crippen LogP contribution is 2.42. The third kappa shape index (κ3) is 5.01. The van der Waals surface area contributed by atoms with Gasteiger partial charge in [-0.3, -0.25) is 4.79 Å². The van der Waals surface area contributed by atoms with E-state index in [0.717, 1.165) is 44.1 Å². The molecule has 2 N–H and O–H groups in total. The first-order valence-corrected chi connectivity index (χ1v) is 12.2. The van der Waals surface area contributed by atoms with Gasteiger partial charge in [-0.25, -0.2) is 13.1 Å². The molecule has 28 heavy (non-hydrogen) atoms. The minimum absolute atomic E-state index is 0.00217. The normalized spacial score (nSPS) is 16.2. The maximum absolute atomic E-state index is 12.4. The molecular formula is C21H28N2O3S2. The Morgan fingerprint density at radius 2 is 1.86 bits per heavy atom. The van der Waals surface area contributed by atoms with Crippen molar-refractivity contribution < 1.29 is 13.2 Å². The predicted molar refractivity (Wildman–Crippen MR) is 113 cm³/mol. The van der Waals surface area contributed by atoms with Crippen LogP contribution in [0.1, 0.15) is 49.5 Å². The number of aryl methyl sites for hydroxylation is 1. The van der Waals surface area contributed by atoms with Crippen LogP contribution in [0.3, 0.4) is 0 Å². The van der Waals surface area contributed by atoms with E-state index in [2.05, 4.69) is 28.4 Å². The van der Waals surface area contributed by atoms with Crippen molar-refractivity contribution in [3.63, 3.8) is 0 Å². The molecule has 0 saturated heterocycles. The fourth-order valence-corrected chi connectivity index (χ4v) is 5.81. The molecule has 0 aliphatic heterocycles. The molecule has 1 fully saturated rings. The lowest BCUT2D eigenvalue weighted by atomic mass is 9.84. The number of hydrogen-bond donors (Lipinski definition) is 2. The Hall–Kier alpha value is -1.70. The van der Waals surface area contributed by atoms with Crippen LogP contribution in [0.15, 0.2) is 46.7 Å². The molecule has 0 unspecified atom stereocenters. The predicted octanol–water partition coefficient (Wildman–Crippen LogP) is 3.61. The lowest BCUT2D eigenvalue weighted by molar-refractivity contribution is -0.120. The van der Waals surface area contributed by atoms with Crippen molar-refractivity contribution in [2.75, 3.05) is 13.1 Å². The zero-order chi connectivity index (χ0) is 20.0. The summed E-state index contributed by atoms with van der Waals surface area (Å²) in [5.41, 5.74) is 1.10. The summed E-state index contributed by atoms with van der Waals surface area (Å²) >= 11 is 1.73. The summed E-state index contributed by atoms with van der Waals surface area (Å²) in [4.78, 5) is 13.8. The highest BCUT2D eigenvalue weighted by atomic mass is 32.2. The van der Waals surface area contributed by atoms with Gasteiger partial charge < -0.3 is 5.32 Å². The number of nitrogens with one attached hydrogen (secondary N) is 2. The molecule has 1 aromatic heterocycles. The SMILES string of the molecule is CCCc1ccc(S(=O)(=O)NCC(=O)NCC2(c3cccs3)CCCC2)cc1. The van der Waals surface area contributed by atoms with Crippen molar-refractivity contribution in [2.45, 2.75) is 55.8 Å². The first kappa shape index (κ1) is 21.0. The summed E-state index contributed by atoms with van der Waals surface area (Å²) in [5, 5.41) is 5.01. The Kier molecular flexibility index (Phi) is 6.91. The number of carbonyl (C=O) groups excluding carboxylic acids is 1. The summed E-state index contributed by atoms with van der Waals surface area (Å²) in [6.45, 7) is 2.39. The number of hydrogen-bond acceptors (Lipinski definition) is 4. The zero-order valence-electron chi connectivity index (χ0n) is 16.2. The monoisotopic (exact) mass is 420 g/mol. The number of rotatable bonds is 9. The van der Waals surface area contributed by atoms with E-state index in [1.165, 1.54) is 4.88 Å². The van der Waals surface area contributed by atoms with Crippen molar-refractivity contribution in [1.29, 1.82) is 0 Å². The molecule has 5 nitrogen and oxygen atoms in total. The van der Waals surface area contributed by atoms with E-state index >= 15 is 0 Å². The van der Waals surface area contributed by atoms with Crippen LogP contribution < -0.4 is 10.0 Å². The first-order chi connectivity index (χ1) is 13.5. The van der Waals surface area contributed by atoms with Crippen molar-refractivity contribution in [2.24, 2.45) is 0 Å². The Balaban J connectivity index is 1.54. The first-order valence-electron chi connectivity index (χ1n) is 9.84. The smallest absolute Gasteiger partial charge is 0.241 e. The fraction of sp³-hybridized carbons (Fsp3) is 0.476. The molecule has 1 amide bonds. The average molecular weight is 421 g/mol. The molecule has 1 aromatic carbocycles. The van der Waals surface area contributed by atoms with Gasteiger partial charge in [0.25, 0.3) is 0 Å². The molecule has 0 radical (unpaired) electrons. The maximum atomic E-state index is 12.4. The average Bonchev–Trinajstić information content (AvgIpc) is 3.38. The van der Waals surface area contributed by atoms with Crippen LogP contribution >= 0.6 is 11.3 Å².